The van der Waals surface area contributed by atoms with Crippen LogP contribution in [0.3, 0.4) is 0 Å². The van der Waals surface area contributed by atoms with Crippen molar-refractivity contribution in [2.24, 2.45) is 23.6 Å². The molecule has 0 bridgehead atoms. The molecular formula is C17H24N4. The van der Waals surface area contributed by atoms with Crippen LogP contribution >= 0.6 is 0 Å². The summed E-state index contributed by atoms with van der Waals surface area (Å²) in [6, 6.07) is 6.33. The van der Waals surface area contributed by atoms with Gasteiger partial charge in [0.25, 0.3) is 0 Å². The van der Waals surface area contributed by atoms with Gasteiger partial charge in [0.15, 0.2) is 0 Å². The number of aromatic nitrogens is 2. The lowest BCUT2D eigenvalue weighted by molar-refractivity contribution is 0.177. The lowest BCUT2D eigenvalue weighted by atomic mass is 9.72. The highest BCUT2D eigenvalue weighted by Gasteiger charge is 2.31. The van der Waals surface area contributed by atoms with Crippen LogP contribution in [-0.4, -0.2) is 9.97 Å². The van der Waals surface area contributed by atoms with Gasteiger partial charge in [0, 0.05) is 12.4 Å². The standard InChI is InChI=1S/C17H24N4/c1-11-8-12(2)10-13(9-11)16(21-18)14-4-3-5-15-17(14)20-7-6-19-15/h3-7,11-13,16,21H,8-10,18H2,1-2H3. The molecule has 1 heterocycles. The topological polar surface area (TPSA) is 63.8 Å². The molecule has 1 saturated carbocycles. The van der Waals surface area contributed by atoms with Crippen LogP contribution in [0.5, 0.6) is 0 Å². The number of nitrogens with zero attached hydrogens (tertiary/aromatic N) is 2. The molecule has 0 aliphatic heterocycles. The molecular weight excluding hydrogens is 260 g/mol. The van der Waals surface area contributed by atoms with E-state index in [1.54, 1.807) is 12.4 Å². The van der Waals surface area contributed by atoms with Gasteiger partial charge in [-0.25, -0.2) is 0 Å². The predicted octanol–water partition coefficient (Wildman–Crippen LogP) is 3.21. The molecule has 1 fully saturated rings. The Hall–Kier alpha value is -1.52. The van der Waals surface area contributed by atoms with Crippen LogP contribution in [0.4, 0.5) is 0 Å². The maximum absolute atomic E-state index is 5.92. The molecule has 3 N–H and O–H groups in total. The van der Waals surface area contributed by atoms with E-state index in [1.165, 1.54) is 24.8 Å². The number of rotatable bonds is 3. The van der Waals surface area contributed by atoms with E-state index in [1.807, 2.05) is 12.1 Å². The van der Waals surface area contributed by atoms with Gasteiger partial charge in [-0.05, 0) is 48.6 Å². The molecule has 1 aromatic carbocycles. The Balaban J connectivity index is 1.98. The first-order chi connectivity index (χ1) is 10.2. The average Bonchev–Trinajstić information content (AvgIpc) is 2.47. The molecule has 21 heavy (non-hydrogen) atoms. The van der Waals surface area contributed by atoms with Crippen molar-refractivity contribution in [1.82, 2.24) is 15.4 Å². The zero-order valence-electron chi connectivity index (χ0n) is 12.8. The van der Waals surface area contributed by atoms with Gasteiger partial charge in [-0.2, -0.15) is 0 Å². The second-order valence-corrected chi connectivity index (χ2v) is 6.59. The van der Waals surface area contributed by atoms with E-state index in [4.69, 9.17) is 5.84 Å². The number of fused-ring (bicyclic) bond motifs is 1. The molecule has 3 unspecified atom stereocenters. The minimum Gasteiger partial charge on any atom is -0.271 e. The number of hydrogen-bond donors (Lipinski definition) is 2. The lowest BCUT2D eigenvalue weighted by Crippen LogP contribution is -2.37. The van der Waals surface area contributed by atoms with Crippen molar-refractivity contribution in [2.45, 2.75) is 39.2 Å². The normalized spacial score (nSPS) is 27.7. The highest BCUT2D eigenvalue weighted by atomic mass is 15.2. The maximum atomic E-state index is 5.92. The molecule has 4 heteroatoms. The lowest BCUT2D eigenvalue weighted by Gasteiger charge is -2.36. The molecule has 3 rings (SSSR count). The highest BCUT2D eigenvalue weighted by Crippen LogP contribution is 2.40. The maximum Gasteiger partial charge on any atom is 0.0935 e. The molecule has 112 valence electrons. The van der Waals surface area contributed by atoms with E-state index in [-0.39, 0.29) is 6.04 Å². The number of nitrogens with two attached hydrogens (primary N) is 1. The van der Waals surface area contributed by atoms with Gasteiger partial charge in [-0.3, -0.25) is 21.2 Å². The number of benzene rings is 1. The van der Waals surface area contributed by atoms with Crippen molar-refractivity contribution < 1.29 is 0 Å². The van der Waals surface area contributed by atoms with Gasteiger partial charge in [-0.1, -0.05) is 26.0 Å². The fourth-order valence-corrected chi connectivity index (χ4v) is 4.03. The Labute approximate surface area is 126 Å². The Morgan fingerprint density at radius 2 is 1.81 bits per heavy atom. The largest absolute Gasteiger partial charge is 0.271 e. The molecule has 0 saturated heterocycles. The summed E-state index contributed by atoms with van der Waals surface area (Å²) in [6.45, 7) is 4.69. The second-order valence-electron chi connectivity index (χ2n) is 6.59. The van der Waals surface area contributed by atoms with E-state index in [0.717, 1.165) is 22.9 Å². The van der Waals surface area contributed by atoms with E-state index >= 15 is 0 Å². The molecule has 1 aromatic heterocycles. The Morgan fingerprint density at radius 3 is 2.52 bits per heavy atom. The number of hydrogen-bond acceptors (Lipinski definition) is 4. The second kappa shape index (κ2) is 6.08. The Morgan fingerprint density at radius 1 is 1.10 bits per heavy atom. The van der Waals surface area contributed by atoms with Crippen molar-refractivity contribution in [3.63, 3.8) is 0 Å². The van der Waals surface area contributed by atoms with Crippen LogP contribution in [0.2, 0.25) is 0 Å². The average molecular weight is 284 g/mol. The summed E-state index contributed by atoms with van der Waals surface area (Å²) in [4.78, 5) is 8.93. The van der Waals surface area contributed by atoms with Crippen LogP contribution in [-0.2, 0) is 0 Å². The van der Waals surface area contributed by atoms with Crippen molar-refractivity contribution in [2.75, 3.05) is 0 Å². The predicted molar refractivity (Wildman–Crippen MR) is 85.3 cm³/mol. The third-order valence-electron chi connectivity index (χ3n) is 4.73. The quantitative estimate of drug-likeness (QED) is 0.671. The van der Waals surface area contributed by atoms with Gasteiger partial charge >= 0.3 is 0 Å². The van der Waals surface area contributed by atoms with Crippen molar-refractivity contribution in [3.8, 4) is 0 Å². The van der Waals surface area contributed by atoms with Gasteiger partial charge in [0.2, 0.25) is 0 Å². The van der Waals surface area contributed by atoms with E-state index in [9.17, 15) is 0 Å². The van der Waals surface area contributed by atoms with Gasteiger partial charge < -0.3 is 0 Å². The third kappa shape index (κ3) is 2.92. The Bertz CT molecular complexity index is 597. The first kappa shape index (κ1) is 14.4. The first-order valence-corrected chi connectivity index (χ1v) is 7.84. The molecule has 0 spiro atoms. The van der Waals surface area contributed by atoms with E-state index < -0.39 is 0 Å². The summed E-state index contributed by atoms with van der Waals surface area (Å²) in [6.07, 6.45) is 7.25. The van der Waals surface area contributed by atoms with Crippen LogP contribution in [0.25, 0.3) is 11.0 Å². The smallest absolute Gasteiger partial charge is 0.0935 e. The fourth-order valence-electron chi connectivity index (χ4n) is 4.03. The van der Waals surface area contributed by atoms with Crippen molar-refractivity contribution >= 4 is 11.0 Å². The summed E-state index contributed by atoms with van der Waals surface area (Å²) in [7, 11) is 0. The molecule has 3 atom stereocenters. The highest BCUT2D eigenvalue weighted by molar-refractivity contribution is 5.78. The number of hydrazine groups is 1. The molecule has 2 aromatic rings. The summed E-state index contributed by atoms with van der Waals surface area (Å²) in [5.41, 5.74) is 6.13. The van der Waals surface area contributed by atoms with Crippen LogP contribution in [0.1, 0.15) is 44.7 Å². The minimum absolute atomic E-state index is 0.149. The van der Waals surface area contributed by atoms with Crippen molar-refractivity contribution in [3.05, 3.63) is 36.2 Å². The Kier molecular flexibility index (Phi) is 4.17. The summed E-state index contributed by atoms with van der Waals surface area (Å²) in [5, 5.41) is 0. The van der Waals surface area contributed by atoms with Crippen LogP contribution in [0, 0.1) is 17.8 Å². The van der Waals surface area contributed by atoms with E-state index in [2.05, 4.69) is 35.3 Å². The summed E-state index contributed by atoms with van der Waals surface area (Å²) in [5.74, 6) is 8.00. The number of para-hydroxylation sites is 1. The van der Waals surface area contributed by atoms with Gasteiger partial charge in [-0.15, -0.1) is 0 Å². The monoisotopic (exact) mass is 284 g/mol. The van der Waals surface area contributed by atoms with Crippen LogP contribution < -0.4 is 11.3 Å². The van der Waals surface area contributed by atoms with E-state index in [0.29, 0.717) is 5.92 Å². The first-order valence-electron chi connectivity index (χ1n) is 7.84. The molecule has 4 nitrogen and oxygen atoms in total. The van der Waals surface area contributed by atoms with Crippen LogP contribution in [0.15, 0.2) is 30.6 Å². The zero-order chi connectivity index (χ0) is 14.8. The van der Waals surface area contributed by atoms with Crippen molar-refractivity contribution in [1.29, 1.82) is 0 Å². The SMILES string of the molecule is CC1CC(C)CC(C(NN)c2cccc3nccnc23)C1. The summed E-state index contributed by atoms with van der Waals surface area (Å²) < 4.78 is 0. The molecule has 0 amide bonds. The minimum atomic E-state index is 0.149. The van der Waals surface area contributed by atoms with Gasteiger partial charge in [0.05, 0.1) is 17.1 Å². The fraction of sp³-hybridized carbons (Fsp3) is 0.529. The van der Waals surface area contributed by atoms with Gasteiger partial charge in [0.1, 0.15) is 0 Å². The zero-order valence-corrected chi connectivity index (χ0v) is 12.8. The molecule has 1 aliphatic rings. The third-order valence-corrected chi connectivity index (χ3v) is 4.73. The molecule has 0 radical (unpaired) electrons. The number of nitrogens with one attached hydrogen (secondary N) is 1. The molecule has 1 aliphatic carbocycles. The summed E-state index contributed by atoms with van der Waals surface area (Å²) >= 11 is 0.